The van der Waals surface area contributed by atoms with Gasteiger partial charge in [-0.1, -0.05) is 0 Å². The maximum Gasteiger partial charge on any atom is 0.323 e. The van der Waals surface area contributed by atoms with E-state index in [0.717, 1.165) is 13.1 Å². The van der Waals surface area contributed by atoms with Gasteiger partial charge in [-0.15, -0.1) is 0 Å². The second-order valence-corrected chi connectivity index (χ2v) is 5.15. The number of aliphatic carboxylic acids is 1. The first kappa shape index (κ1) is 12.8. The highest BCUT2D eigenvalue weighted by molar-refractivity contribution is 5.73. The van der Waals surface area contributed by atoms with Crippen LogP contribution in [0, 0.1) is 0 Å². The fourth-order valence-electron chi connectivity index (χ4n) is 3.11. The first-order valence-corrected chi connectivity index (χ1v) is 6.35. The first-order valence-electron chi connectivity index (χ1n) is 6.35. The van der Waals surface area contributed by atoms with Gasteiger partial charge in [0, 0.05) is 32.3 Å². The third-order valence-corrected chi connectivity index (χ3v) is 4.00. The lowest BCUT2D eigenvalue weighted by atomic mass is 10.1. The number of rotatable bonds is 4. The summed E-state index contributed by atoms with van der Waals surface area (Å²) in [5.74, 6) is -0.773. The fraction of sp³-hybridized carbons (Fsp3) is 0.917. The van der Waals surface area contributed by atoms with Crippen molar-refractivity contribution in [1.82, 2.24) is 9.80 Å². The van der Waals surface area contributed by atoms with E-state index in [2.05, 4.69) is 16.7 Å². The molecule has 2 aliphatic heterocycles. The van der Waals surface area contributed by atoms with Crippen LogP contribution in [0.15, 0.2) is 0 Å². The molecule has 1 N–H and O–H groups in total. The van der Waals surface area contributed by atoms with Gasteiger partial charge in [-0.25, -0.2) is 0 Å². The summed E-state index contributed by atoms with van der Waals surface area (Å²) in [5, 5.41) is 9.28. The van der Waals surface area contributed by atoms with Gasteiger partial charge in [-0.2, -0.15) is 0 Å². The Hall–Kier alpha value is -0.650. The molecule has 3 unspecified atom stereocenters. The lowest BCUT2D eigenvalue weighted by molar-refractivity contribution is -0.148. The van der Waals surface area contributed by atoms with Crippen LogP contribution in [0.4, 0.5) is 0 Å². The topological polar surface area (TPSA) is 53.0 Å². The molecule has 0 spiro atoms. The molecule has 0 amide bonds. The quantitative estimate of drug-likeness (QED) is 0.766. The smallest absolute Gasteiger partial charge is 0.323 e. The summed E-state index contributed by atoms with van der Waals surface area (Å²) in [7, 11) is 1.56. The maximum atomic E-state index is 11.3. The second kappa shape index (κ2) is 5.33. The van der Waals surface area contributed by atoms with Crippen molar-refractivity contribution in [3.05, 3.63) is 0 Å². The van der Waals surface area contributed by atoms with Gasteiger partial charge in [0.05, 0.1) is 6.61 Å². The van der Waals surface area contributed by atoms with Crippen LogP contribution in [-0.4, -0.2) is 72.4 Å². The van der Waals surface area contributed by atoms with Crippen molar-refractivity contribution in [2.75, 3.05) is 33.4 Å². The molecule has 5 heteroatoms. The molecule has 0 radical (unpaired) electrons. The monoisotopic (exact) mass is 242 g/mol. The number of ether oxygens (including phenoxy) is 1. The summed E-state index contributed by atoms with van der Waals surface area (Å²) >= 11 is 0. The average Bonchev–Trinajstić information content (AvgIpc) is 2.71. The highest BCUT2D eigenvalue weighted by Gasteiger charge is 2.39. The van der Waals surface area contributed by atoms with Crippen molar-refractivity contribution in [2.45, 2.75) is 37.9 Å². The van der Waals surface area contributed by atoms with Crippen molar-refractivity contribution in [3.63, 3.8) is 0 Å². The minimum Gasteiger partial charge on any atom is -0.480 e. The molecule has 3 atom stereocenters. The van der Waals surface area contributed by atoms with Crippen molar-refractivity contribution in [1.29, 1.82) is 0 Å². The Bertz CT molecular complexity index is 285. The third-order valence-electron chi connectivity index (χ3n) is 4.00. The van der Waals surface area contributed by atoms with Crippen LogP contribution in [0.2, 0.25) is 0 Å². The first-order chi connectivity index (χ1) is 8.13. The summed E-state index contributed by atoms with van der Waals surface area (Å²) in [6, 6.07) is 0.336. The van der Waals surface area contributed by atoms with Crippen molar-refractivity contribution in [2.24, 2.45) is 0 Å². The number of methoxy groups -OCH3 is 1. The number of carboxylic acids is 1. The van der Waals surface area contributed by atoms with Crippen LogP contribution < -0.4 is 0 Å². The molecule has 0 saturated carbocycles. The van der Waals surface area contributed by atoms with E-state index in [9.17, 15) is 9.90 Å². The van der Waals surface area contributed by atoms with Crippen LogP contribution in [0.1, 0.15) is 19.8 Å². The number of carboxylic acid groups (broad SMARTS) is 1. The molecule has 0 bridgehead atoms. The van der Waals surface area contributed by atoms with Gasteiger partial charge >= 0.3 is 5.97 Å². The van der Waals surface area contributed by atoms with E-state index < -0.39 is 12.0 Å². The van der Waals surface area contributed by atoms with Gasteiger partial charge < -0.3 is 9.84 Å². The van der Waals surface area contributed by atoms with Crippen molar-refractivity contribution < 1.29 is 14.6 Å². The molecule has 0 aromatic heterocycles. The molecule has 98 valence electrons. The zero-order valence-electron chi connectivity index (χ0n) is 10.6. The number of piperazine rings is 1. The molecule has 2 rings (SSSR count). The van der Waals surface area contributed by atoms with Crippen LogP contribution >= 0.6 is 0 Å². The molecule has 0 aromatic rings. The van der Waals surface area contributed by atoms with Crippen LogP contribution in [0.3, 0.4) is 0 Å². The van der Waals surface area contributed by atoms with Crippen molar-refractivity contribution >= 4 is 5.97 Å². The van der Waals surface area contributed by atoms with E-state index in [1.54, 1.807) is 7.11 Å². The van der Waals surface area contributed by atoms with Crippen LogP contribution in [-0.2, 0) is 9.53 Å². The minimum atomic E-state index is -0.773. The lowest BCUT2D eigenvalue weighted by Crippen LogP contribution is -2.60. The van der Waals surface area contributed by atoms with E-state index in [4.69, 9.17) is 4.74 Å². The standard InChI is InChI=1S/C12H22N2O3/c1-9-6-13-5-3-4-10(13)7-14(9)11(8-17-2)12(15)16/h9-11H,3-8H2,1-2H3,(H,15,16). The number of hydrogen-bond donors (Lipinski definition) is 1. The number of fused-ring (bicyclic) bond motifs is 1. The van der Waals surface area contributed by atoms with Gasteiger partial charge in [-0.3, -0.25) is 14.6 Å². The SMILES string of the molecule is COCC(C(=O)O)N1CC2CCCN2CC1C. The summed E-state index contributed by atoms with van der Waals surface area (Å²) in [4.78, 5) is 15.9. The molecule has 2 aliphatic rings. The molecule has 17 heavy (non-hydrogen) atoms. The van der Waals surface area contributed by atoms with E-state index >= 15 is 0 Å². The van der Waals surface area contributed by atoms with Crippen LogP contribution in [0.5, 0.6) is 0 Å². The Morgan fingerprint density at radius 1 is 1.53 bits per heavy atom. The summed E-state index contributed by atoms with van der Waals surface area (Å²) in [6.45, 7) is 5.40. The molecular weight excluding hydrogens is 220 g/mol. The maximum absolute atomic E-state index is 11.3. The van der Waals surface area contributed by atoms with E-state index in [1.165, 1.54) is 19.4 Å². The summed E-state index contributed by atoms with van der Waals surface area (Å²) in [6.07, 6.45) is 2.44. The molecule has 0 aromatic carbocycles. The predicted molar refractivity (Wildman–Crippen MR) is 64.1 cm³/mol. The van der Waals surface area contributed by atoms with Gasteiger partial charge in [0.1, 0.15) is 6.04 Å². The van der Waals surface area contributed by atoms with Gasteiger partial charge in [0.15, 0.2) is 0 Å². The zero-order chi connectivity index (χ0) is 12.4. The largest absolute Gasteiger partial charge is 0.480 e. The number of hydrogen-bond acceptors (Lipinski definition) is 4. The number of nitrogens with zero attached hydrogens (tertiary/aromatic N) is 2. The Balaban J connectivity index is 2.05. The van der Waals surface area contributed by atoms with Gasteiger partial charge in [0.25, 0.3) is 0 Å². The van der Waals surface area contributed by atoms with Crippen LogP contribution in [0.25, 0.3) is 0 Å². The number of carbonyl (C=O) groups is 1. The molecule has 5 nitrogen and oxygen atoms in total. The molecule has 2 fully saturated rings. The fourth-order valence-corrected chi connectivity index (χ4v) is 3.11. The predicted octanol–water partition coefficient (Wildman–Crippen LogP) is 0.255. The average molecular weight is 242 g/mol. The zero-order valence-corrected chi connectivity index (χ0v) is 10.6. The van der Waals surface area contributed by atoms with Gasteiger partial charge in [-0.05, 0) is 26.3 Å². The summed E-state index contributed by atoms with van der Waals surface area (Å²) in [5.41, 5.74) is 0. The lowest BCUT2D eigenvalue weighted by Gasteiger charge is -2.44. The Labute approximate surface area is 102 Å². The normalized spacial score (nSPS) is 32.4. The highest BCUT2D eigenvalue weighted by atomic mass is 16.5. The Morgan fingerprint density at radius 3 is 2.94 bits per heavy atom. The van der Waals surface area contributed by atoms with E-state index in [0.29, 0.717) is 12.1 Å². The molecule has 0 aliphatic carbocycles. The molecule has 2 saturated heterocycles. The third kappa shape index (κ3) is 2.61. The highest BCUT2D eigenvalue weighted by Crippen LogP contribution is 2.26. The van der Waals surface area contributed by atoms with E-state index in [-0.39, 0.29) is 6.61 Å². The molecule has 2 heterocycles. The van der Waals surface area contributed by atoms with E-state index in [1.807, 2.05) is 0 Å². The Kier molecular flexibility index (Phi) is 4.01. The van der Waals surface area contributed by atoms with Gasteiger partial charge in [0.2, 0.25) is 0 Å². The molecular formula is C12H22N2O3. The minimum absolute atomic E-state index is 0.270. The second-order valence-electron chi connectivity index (χ2n) is 5.15. The van der Waals surface area contributed by atoms with Crippen molar-refractivity contribution in [3.8, 4) is 0 Å². The summed E-state index contributed by atoms with van der Waals surface area (Å²) < 4.78 is 5.04. The Morgan fingerprint density at radius 2 is 2.29 bits per heavy atom.